The lowest BCUT2D eigenvalue weighted by Crippen LogP contribution is -2.47. The molecule has 0 aliphatic carbocycles. The van der Waals surface area contributed by atoms with Crippen molar-refractivity contribution in [1.82, 2.24) is 10.2 Å². The molecule has 1 N–H and O–H groups in total. The average molecular weight is 261 g/mol. The Morgan fingerprint density at radius 2 is 2.16 bits per heavy atom. The predicted molar refractivity (Wildman–Crippen MR) is 82.9 cm³/mol. The normalized spacial score (nSPS) is 25.4. The van der Waals surface area contributed by atoms with Gasteiger partial charge in [0.25, 0.3) is 0 Å². The van der Waals surface area contributed by atoms with E-state index in [-0.39, 0.29) is 0 Å². The van der Waals surface area contributed by atoms with Gasteiger partial charge >= 0.3 is 0 Å². The zero-order valence-corrected chi connectivity index (χ0v) is 12.7. The maximum atomic E-state index is 3.33. The van der Waals surface area contributed by atoms with Crippen molar-refractivity contribution < 1.29 is 0 Å². The van der Waals surface area contributed by atoms with Crippen molar-refractivity contribution in [3.8, 4) is 0 Å². The summed E-state index contributed by atoms with van der Waals surface area (Å²) in [5.74, 6) is 0. The molecule has 0 spiro atoms. The largest absolute Gasteiger partial charge is 0.370 e. The summed E-state index contributed by atoms with van der Waals surface area (Å²) in [6, 6.07) is 10.1. The minimum atomic E-state index is 0.572. The van der Waals surface area contributed by atoms with E-state index in [0.717, 1.165) is 19.6 Å². The molecule has 0 radical (unpaired) electrons. The number of likely N-dealkylation sites (N-methyl/N-ethyl adjacent to an activating group) is 2. The van der Waals surface area contributed by atoms with Gasteiger partial charge in [-0.2, -0.15) is 0 Å². The van der Waals surface area contributed by atoms with Gasteiger partial charge in [0, 0.05) is 37.4 Å². The summed E-state index contributed by atoms with van der Waals surface area (Å²) in [6.45, 7) is 7.80. The molecule has 2 atom stereocenters. The third kappa shape index (κ3) is 3.48. The number of hydrogen-bond donors (Lipinski definition) is 1. The first-order chi connectivity index (χ1) is 9.11. The first kappa shape index (κ1) is 14.4. The Hall–Kier alpha value is -1.06. The minimum Gasteiger partial charge on any atom is -0.370 e. The summed E-state index contributed by atoms with van der Waals surface area (Å²) in [5, 5.41) is 3.33. The molecular weight excluding hydrogens is 234 g/mol. The lowest BCUT2D eigenvalue weighted by Gasteiger charge is -2.32. The van der Waals surface area contributed by atoms with E-state index in [1.807, 2.05) is 7.05 Å². The summed E-state index contributed by atoms with van der Waals surface area (Å²) >= 11 is 0. The molecule has 0 aromatic heterocycles. The number of hydrogen-bond acceptors (Lipinski definition) is 3. The van der Waals surface area contributed by atoms with Crippen LogP contribution in [0.15, 0.2) is 24.3 Å². The molecular formula is C16H27N3. The fourth-order valence-corrected chi connectivity index (χ4v) is 2.88. The molecule has 3 nitrogen and oxygen atoms in total. The zero-order valence-electron chi connectivity index (χ0n) is 12.7. The first-order valence-corrected chi connectivity index (χ1v) is 7.30. The van der Waals surface area contributed by atoms with Crippen LogP contribution in [0.2, 0.25) is 0 Å². The zero-order chi connectivity index (χ0) is 13.8. The summed E-state index contributed by atoms with van der Waals surface area (Å²) < 4.78 is 0. The highest BCUT2D eigenvalue weighted by Gasteiger charge is 2.26. The van der Waals surface area contributed by atoms with E-state index in [9.17, 15) is 0 Å². The lowest BCUT2D eigenvalue weighted by molar-refractivity contribution is 0.195. The van der Waals surface area contributed by atoms with Gasteiger partial charge in [0.2, 0.25) is 0 Å². The molecule has 2 rings (SSSR count). The SMILES string of the molecule is CNCC1CN(c2cccc(C)c2)CCC(C)N1C. The molecule has 106 valence electrons. The Kier molecular flexibility index (Phi) is 4.83. The molecule has 1 saturated heterocycles. The van der Waals surface area contributed by atoms with Gasteiger partial charge in [-0.25, -0.2) is 0 Å². The Balaban J connectivity index is 2.17. The maximum absolute atomic E-state index is 3.33. The van der Waals surface area contributed by atoms with Crippen molar-refractivity contribution in [3.05, 3.63) is 29.8 Å². The molecule has 1 heterocycles. The Morgan fingerprint density at radius 1 is 1.37 bits per heavy atom. The first-order valence-electron chi connectivity index (χ1n) is 7.30. The van der Waals surface area contributed by atoms with E-state index in [4.69, 9.17) is 0 Å². The number of nitrogens with one attached hydrogen (secondary N) is 1. The monoisotopic (exact) mass is 261 g/mol. The van der Waals surface area contributed by atoms with Crippen LogP contribution in [-0.2, 0) is 0 Å². The summed E-state index contributed by atoms with van der Waals surface area (Å²) in [7, 11) is 4.30. The highest BCUT2D eigenvalue weighted by atomic mass is 15.3. The van der Waals surface area contributed by atoms with Gasteiger partial charge in [0.05, 0.1) is 0 Å². The van der Waals surface area contributed by atoms with Crippen molar-refractivity contribution in [2.75, 3.05) is 38.6 Å². The van der Waals surface area contributed by atoms with Gasteiger partial charge < -0.3 is 10.2 Å². The van der Waals surface area contributed by atoms with Crippen molar-refractivity contribution in [2.24, 2.45) is 0 Å². The van der Waals surface area contributed by atoms with Gasteiger partial charge in [-0.05, 0) is 52.1 Å². The third-order valence-corrected chi connectivity index (χ3v) is 4.33. The van der Waals surface area contributed by atoms with Crippen LogP contribution in [0.1, 0.15) is 18.9 Å². The van der Waals surface area contributed by atoms with Gasteiger partial charge in [-0.1, -0.05) is 12.1 Å². The standard InChI is InChI=1S/C16H27N3/c1-13-6-5-7-15(10-13)19-9-8-14(2)18(4)16(12-19)11-17-3/h5-7,10,14,16-17H,8-9,11-12H2,1-4H3. The van der Waals surface area contributed by atoms with E-state index in [1.165, 1.54) is 17.7 Å². The molecule has 1 aliphatic rings. The van der Waals surface area contributed by atoms with Crippen LogP contribution in [0.25, 0.3) is 0 Å². The fraction of sp³-hybridized carbons (Fsp3) is 0.625. The average Bonchev–Trinajstić information content (AvgIpc) is 2.53. The Bertz CT molecular complexity index is 405. The number of nitrogens with zero attached hydrogens (tertiary/aromatic N) is 2. The molecule has 0 amide bonds. The summed E-state index contributed by atoms with van der Waals surface area (Å²) in [5.41, 5.74) is 2.71. The van der Waals surface area contributed by atoms with Crippen LogP contribution in [0.4, 0.5) is 5.69 Å². The highest BCUT2D eigenvalue weighted by molar-refractivity contribution is 5.48. The molecule has 3 heteroatoms. The quantitative estimate of drug-likeness (QED) is 0.899. The summed E-state index contributed by atoms with van der Waals surface area (Å²) in [6.07, 6.45) is 1.23. The number of benzene rings is 1. The van der Waals surface area contributed by atoms with E-state index < -0.39 is 0 Å². The molecule has 2 unspecified atom stereocenters. The molecule has 1 aliphatic heterocycles. The van der Waals surface area contributed by atoms with E-state index in [2.05, 4.69) is 60.3 Å². The van der Waals surface area contributed by atoms with Crippen LogP contribution >= 0.6 is 0 Å². The molecule has 1 aromatic carbocycles. The molecule has 0 saturated carbocycles. The van der Waals surface area contributed by atoms with E-state index >= 15 is 0 Å². The molecule has 1 aromatic rings. The Morgan fingerprint density at radius 3 is 2.84 bits per heavy atom. The second-order valence-electron chi connectivity index (χ2n) is 5.80. The van der Waals surface area contributed by atoms with E-state index in [0.29, 0.717) is 12.1 Å². The topological polar surface area (TPSA) is 18.5 Å². The van der Waals surface area contributed by atoms with Crippen LogP contribution in [0.5, 0.6) is 0 Å². The Labute approximate surface area is 117 Å². The summed E-state index contributed by atoms with van der Waals surface area (Å²) in [4.78, 5) is 5.06. The second kappa shape index (κ2) is 6.40. The van der Waals surface area contributed by atoms with Crippen LogP contribution in [-0.4, -0.2) is 50.7 Å². The van der Waals surface area contributed by atoms with Crippen molar-refractivity contribution in [2.45, 2.75) is 32.4 Å². The smallest absolute Gasteiger partial charge is 0.0395 e. The van der Waals surface area contributed by atoms with Crippen molar-refractivity contribution >= 4 is 5.69 Å². The predicted octanol–water partition coefficient (Wildman–Crippen LogP) is 2.11. The van der Waals surface area contributed by atoms with Gasteiger partial charge in [0.1, 0.15) is 0 Å². The highest BCUT2D eigenvalue weighted by Crippen LogP contribution is 2.21. The fourth-order valence-electron chi connectivity index (χ4n) is 2.88. The number of rotatable bonds is 3. The minimum absolute atomic E-state index is 0.572. The van der Waals surface area contributed by atoms with Crippen molar-refractivity contribution in [3.63, 3.8) is 0 Å². The number of anilines is 1. The molecule has 0 bridgehead atoms. The van der Waals surface area contributed by atoms with Crippen LogP contribution < -0.4 is 10.2 Å². The van der Waals surface area contributed by atoms with Gasteiger partial charge in [-0.3, -0.25) is 4.90 Å². The van der Waals surface area contributed by atoms with Gasteiger partial charge in [0.15, 0.2) is 0 Å². The number of aryl methyl sites for hydroxylation is 1. The maximum Gasteiger partial charge on any atom is 0.0395 e. The van der Waals surface area contributed by atoms with Gasteiger partial charge in [-0.15, -0.1) is 0 Å². The second-order valence-corrected chi connectivity index (χ2v) is 5.80. The lowest BCUT2D eigenvalue weighted by atomic mass is 10.2. The van der Waals surface area contributed by atoms with E-state index in [1.54, 1.807) is 0 Å². The van der Waals surface area contributed by atoms with Crippen molar-refractivity contribution in [1.29, 1.82) is 0 Å². The van der Waals surface area contributed by atoms with Crippen LogP contribution in [0, 0.1) is 6.92 Å². The third-order valence-electron chi connectivity index (χ3n) is 4.33. The molecule has 1 fully saturated rings. The van der Waals surface area contributed by atoms with Crippen LogP contribution in [0.3, 0.4) is 0 Å². The molecule has 19 heavy (non-hydrogen) atoms.